The Labute approximate surface area is 123 Å². The summed E-state index contributed by atoms with van der Waals surface area (Å²) in [5.41, 5.74) is 3.24. The molecule has 1 aromatic heterocycles. The van der Waals surface area contributed by atoms with Crippen LogP contribution in [-0.2, 0) is 11.8 Å². The lowest BCUT2D eigenvalue weighted by Crippen LogP contribution is -2.29. The Kier molecular flexibility index (Phi) is 4.38. The molecule has 2 rings (SSSR count). The van der Waals surface area contributed by atoms with E-state index in [1.807, 2.05) is 40.0 Å². The van der Waals surface area contributed by atoms with Gasteiger partial charge in [-0.3, -0.25) is 14.5 Å². The van der Waals surface area contributed by atoms with Crippen molar-refractivity contribution in [3.63, 3.8) is 0 Å². The first kappa shape index (κ1) is 14.9. The number of amides is 2. The van der Waals surface area contributed by atoms with Crippen LogP contribution in [0.1, 0.15) is 36.7 Å². The van der Waals surface area contributed by atoms with Crippen molar-refractivity contribution >= 4 is 29.0 Å². The van der Waals surface area contributed by atoms with Gasteiger partial charge in [0.15, 0.2) is 0 Å². The third-order valence-corrected chi connectivity index (χ3v) is 4.62. The SMILES string of the molecule is CCCCN1C(=O)S/C(=C\c2cc(C)n(C)c2C)C1=O. The van der Waals surface area contributed by atoms with Gasteiger partial charge in [-0.25, -0.2) is 0 Å². The lowest BCUT2D eigenvalue weighted by atomic mass is 10.2. The van der Waals surface area contributed by atoms with Crippen molar-refractivity contribution in [2.24, 2.45) is 7.05 Å². The van der Waals surface area contributed by atoms with Gasteiger partial charge in [-0.05, 0) is 49.7 Å². The maximum Gasteiger partial charge on any atom is 0.293 e. The number of unbranched alkanes of at least 4 members (excludes halogenated alkanes) is 1. The van der Waals surface area contributed by atoms with Gasteiger partial charge in [0.25, 0.3) is 11.1 Å². The fraction of sp³-hybridized carbons (Fsp3) is 0.467. The number of hydrogen-bond acceptors (Lipinski definition) is 3. The molecule has 0 saturated carbocycles. The summed E-state index contributed by atoms with van der Waals surface area (Å²) in [5, 5.41) is -0.153. The summed E-state index contributed by atoms with van der Waals surface area (Å²) in [6, 6.07) is 2.04. The summed E-state index contributed by atoms with van der Waals surface area (Å²) in [7, 11) is 2.00. The minimum absolute atomic E-state index is 0.153. The number of carbonyl (C=O) groups excluding carboxylic acids is 2. The molecule has 2 amide bonds. The molecular weight excluding hydrogens is 272 g/mol. The second-order valence-corrected chi connectivity index (χ2v) is 6.07. The van der Waals surface area contributed by atoms with E-state index in [2.05, 4.69) is 4.57 Å². The highest BCUT2D eigenvalue weighted by atomic mass is 32.2. The molecule has 0 aromatic carbocycles. The van der Waals surface area contributed by atoms with E-state index in [0.29, 0.717) is 11.4 Å². The summed E-state index contributed by atoms with van der Waals surface area (Å²) < 4.78 is 2.08. The highest BCUT2D eigenvalue weighted by molar-refractivity contribution is 8.18. The van der Waals surface area contributed by atoms with Crippen LogP contribution in [0.15, 0.2) is 11.0 Å². The van der Waals surface area contributed by atoms with Crippen molar-refractivity contribution in [2.75, 3.05) is 6.54 Å². The summed E-state index contributed by atoms with van der Waals surface area (Å²) >= 11 is 1.04. The number of imide groups is 1. The van der Waals surface area contributed by atoms with Gasteiger partial charge in [0.05, 0.1) is 4.91 Å². The molecule has 108 valence electrons. The highest BCUT2D eigenvalue weighted by Gasteiger charge is 2.34. The average Bonchev–Trinajstić information content (AvgIpc) is 2.81. The molecule has 1 saturated heterocycles. The van der Waals surface area contributed by atoms with Crippen molar-refractivity contribution in [3.8, 4) is 0 Å². The van der Waals surface area contributed by atoms with Gasteiger partial charge < -0.3 is 4.57 Å². The van der Waals surface area contributed by atoms with E-state index >= 15 is 0 Å². The van der Waals surface area contributed by atoms with Crippen LogP contribution in [0, 0.1) is 13.8 Å². The standard InChI is InChI=1S/C15H20N2O2S/c1-5-6-7-17-14(18)13(20-15(17)19)9-12-8-10(2)16(4)11(12)3/h8-9H,5-7H2,1-4H3/b13-9-. The summed E-state index contributed by atoms with van der Waals surface area (Å²) in [5.74, 6) is -0.158. The van der Waals surface area contributed by atoms with Crippen LogP contribution in [0.25, 0.3) is 6.08 Å². The van der Waals surface area contributed by atoms with Crippen molar-refractivity contribution < 1.29 is 9.59 Å². The molecule has 2 heterocycles. The second-order valence-electron chi connectivity index (χ2n) is 5.07. The molecule has 0 bridgehead atoms. The molecule has 0 aliphatic carbocycles. The smallest absolute Gasteiger partial charge is 0.293 e. The first-order chi connectivity index (χ1) is 9.45. The number of rotatable bonds is 4. The molecule has 1 fully saturated rings. The Morgan fingerprint density at radius 3 is 2.55 bits per heavy atom. The lowest BCUT2D eigenvalue weighted by Gasteiger charge is -2.10. The Balaban J connectivity index is 2.25. The summed E-state index contributed by atoms with van der Waals surface area (Å²) in [4.78, 5) is 26.0. The number of aryl methyl sites for hydroxylation is 1. The molecule has 5 heteroatoms. The van der Waals surface area contributed by atoms with E-state index in [1.165, 1.54) is 4.90 Å². The predicted molar refractivity (Wildman–Crippen MR) is 82.5 cm³/mol. The number of aromatic nitrogens is 1. The Bertz CT molecular complexity index is 587. The van der Waals surface area contributed by atoms with E-state index in [4.69, 9.17) is 0 Å². The van der Waals surface area contributed by atoms with E-state index in [0.717, 1.165) is 41.6 Å². The van der Waals surface area contributed by atoms with Gasteiger partial charge in [0, 0.05) is 25.0 Å². The number of thioether (sulfide) groups is 1. The van der Waals surface area contributed by atoms with Crippen molar-refractivity contribution in [2.45, 2.75) is 33.6 Å². The molecule has 1 aliphatic rings. The van der Waals surface area contributed by atoms with E-state index in [-0.39, 0.29) is 11.1 Å². The molecule has 0 spiro atoms. The number of hydrogen-bond donors (Lipinski definition) is 0. The van der Waals surface area contributed by atoms with Crippen molar-refractivity contribution in [3.05, 3.63) is 27.9 Å². The van der Waals surface area contributed by atoms with E-state index in [9.17, 15) is 9.59 Å². The quantitative estimate of drug-likeness (QED) is 0.798. The summed E-state index contributed by atoms with van der Waals surface area (Å²) in [6.45, 7) is 6.60. The first-order valence-electron chi connectivity index (χ1n) is 6.84. The van der Waals surface area contributed by atoms with Crippen LogP contribution in [0.3, 0.4) is 0 Å². The first-order valence-corrected chi connectivity index (χ1v) is 7.65. The molecule has 0 radical (unpaired) electrons. The van der Waals surface area contributed by atoms with Gasteiger partial charge in [0.2, 0.25) is 0 Å². The minimum atomic E-state index is -0.158. The molecule has 0 unspecified atom stereocenters. The molecule has 4 nitrogen and oxygen atoms in total. The topological polar surface area (TPSA) is 42.3 Å². The fourth-order valence-corrected chi connectivity index (χ4v) is 3.04. The fourth-order valence-electron chi connectivity index (χ4n) is 2.18. The zero-order valence-corrected chi connectivity index (χ0v) is 13.2. The molecule has 0 N–H and O–H groups in total. The molecule has 0 atom stereocenters. The Morgan fingerprint density at radius 2 is 2.00 bits per heavy atom. The normalized spacial score (nSPS) is 17.6. The Morgan fingerprint density at radius 1 is 1.30 bits per heavy atom. The zero-order valence-electron chi connectivity index (χ0n) is 12.4. The Hall–Kier alpha value is -1.49. The van der Waals surface area contributed by atoms with Crippen molar-refractivity contribution in [1.82, 2.24) is 9.47 Å². The molecule has 1 aliphatic heterocycles. The molecule has 1 aromatic rings. The van der Waals surface area contributed by atoms with Gasteiger partial charge in [0.1, 0.15) is 0 Å². The van der Waals surface area contributed by atoms with Gasteiger partial charge >= 0.3 is 0 Å². The average molecular weight is 292 g/mol. The van der Waals surface area contributed by atoms with Gasteiger partial charge in [-0.15, -0.1) is 0 Å². The van der Waals surface area contributed by atoms with Crippen LogP contribution < -0.4 is 0 Å². The lowest BCUT2D eigenvalue weighted by molar-refractivity contribution is -0.122. The number of nitrogens with zero attached hydrogens (tertiary/aromatic N) is 2. The van der Waals surface area contributed by atoms with Gasteiger partial charge in [-0.2, -0.15) is 0 Å². The van der Waals surface area contributed by atoms with E-state index in [1.54, 1.807) is 0 Å². The third-order valence-electron chi connectivity index (χ3n) is 3.71. The second kappa shape index (κ2) is 5.87. The monoisotopic (exact) mass is 292 g/mol. The third kappa shape index (κ3) is 2.68. The van der Waals surface area contributed by atoms with Crippen LogP contribution in [0.4, 0.5) is 4.79 Å². The maximum atomic E-state index is 12.2. The van der Waals surface area contributed by atoms with Crippen LogP contribution in [0.2, 0.25) is 0 Å². The van der Waals surface area contributed by atoms with Crippen LogP contribution in [-0.4, -0.2) is 27.2 Å². The largest absolute Gasteiger partial charge is 0.352 e. The number of carbonyl (C=O) groups is 2. The van der Waals surface area contributed by atoms with Crippen molar-refractivity contribution in [1.29, 1.82) is 0 Å². The van der Waals surface area contributed by atoms with Crippen LogP contribution in [0.5, 0.6) is 0 Å². The highest BCUT2D eigenvalue weighted by Crippen LogP contribution is 2.33. The molecule has 20 heavy (non-hydrogen) atoms. The summed E-state index contributed by atoms with van der Waals surface area (Å²) in [6.07, 6.45) is 3.66. The maximum absolute atomic E-state index is 12.2. The molecular formula is C15H20N2O2S. The van der Waals surface area contributed by atoms with Gasteiger partial charge in [-0.1, -0.05) is 13.3 Å². The zero-order chi connectivity index (χ0) is 14.9. The van der Waals surface area contributed by atoms with Crippen LogP contribution >= 0.6 is 11.8 Å². The van der Waals surface area contributed by atoms with E-state index < -0.39 is 0 Å². The minimum Gasteiger partial charge on any atom is -0.352 e. The predicted octanol–water partition coefficient (Wildman–Crippen LogP) is 3.48.